The van der Waals surface area contributed by atoms with Crippen LogP contribution in [0.3, 0.4) is 0 Å². The fourth-order valence-electron chi connectivity index (χ4n) is 2.89. The molecule has 1 aliphatic heterocycles. The summed E-state index contributed by atoms with van der Waals surface area (Å²) in [5.74, 6) is -1.13. The van der Waals surface area contributed by atoms with Gasteiger partial charge in [-0.2, -0.15) is 0 Å². The van der Waals surface area contributed by atoms with E-state index in [2.05, 4.69) is 0 Å². The van der Waals surface area contributed by atoms with Crippen molar-refractivity contribution in [3.05, 3.63) is 59.2 Å². The van der Waals surface area contributed by atoms with Crippen molar-refractivity contribution in [3.8, 4) is 0 Å². The summed E-state index contributed by atoms with van der Waals surface area (Å²) in [5.41, 5.74) is 2.00. The second-order valence-electron chi connectivity index (χ2n) is 5.00. The Morgan fingerprint density at radius 2 is 1.70 bits per heavy atom. The molecule has 0 aliphatic carbocycles. The van der Waals surface area contributed by atoms with Crippen molar-refractivity contribution in [1.29, 1.82) is 0 Å². The maximum Gasteiger partial charge on any atom is 0.347 e. The Hall–Kier alpha value is -2.68. The van der Waals surface area contributed by atoms with Crippen LogP contribution in [0.25, 0.3) is 21.5 Å². The number of benzene rings is 3. The minimum Gasteiger partial charge on any atom is -0.386 e. The second-order valence-corrected chi connectivity index (χ2v) is 5.00. The molecule has 3 heteroatoms. The zero-order chi connectivity index (χ0) is 13.9. The summed E-state index contributed by atoms with van der Waals surface area (Å²) in [7, 11) is 0. The molecule has 4 rings (SSSR count). The second kappa shape index (κ2) is 3.67. The molecule has 96 valence electrons. The van der Waals surface area contributed by atoms with E-state index in [0.29, 0.717) is 16.5 Å². The Morgan fingerprint density at radius 1 is 0.900 bits per heavy atom. The summed E-state index contributed by atoms with van der Waals surface area (Å²) >= 11 is 0. The van der Waals surface area contributed by atoms with Crippen LogP contribution in [-0.2, 0) is 4.74 Å². The van der Waals surface area contributed by atoms with Gasteiger partial charge in [0.2, 0.25) is 0 Å². The van der Waals surface area contributed by atoms with Gasteiger partial charge in [0.15, 0.2) is 0 Å². The Morgan fingerprint density at radius 3 is 2.55 bits per heavy atom. The van der Waals surface area contributed by atoms with Gasteiger partial charge in [0.25, 0.3) is 0 Å². The first-order valence-corrected chi connectivity index (χ1v) is 6.38. The molecule has 0 unspecified atom stereocenters. The van der Waals surface area contributed by atoms with Crippen LogP contribution in [0.5, 0.6) is 0 Å². The Labute approximate surface area is 114 Å². The molecule has 3 aromatic rings. The van der Waals surface area contributed by atoms with E-state index in [1.165, 1.54) is 0 Å². The third kappa shape index (κ3) is 1.29. The smallest absolute Gasteiger partial charge is 0.347 e. The molecule has 3 nitrogen and oxygen atoms in total. The molecular formula is C17H10O3. The lowest BCUT2D eigenvalue weighted by Crippen LogP contribution is -2.20. The fourth-order valence-corrected chi connectivity index (χ4v) is 2.89. The summed E-state index contributed by atoms with van der Waals surface area (Å²) in [5, 5.41) is 3.44. The number of cyclic esters (lactones) is 2. The van der Waals surface area contributed by atoms with Crippen molar-refractivity contribution in [1.82, 2.24) is 0 Å². The largest absolute Gasteiger partial charge is 0.386 e. The highest BCUT2D eigenvalue weighted by atomic mass is 16.6. The van der Waals surface area contributed by atoms with E-state index in [1.807, 2.05) is 43.3 Å². The number of fused-ring (bicyclic) bond motifs is 2. The van der Waals surface area contributed by atoms with Gasteiger partial charge in [-0.1, -0.05) is 30.3 Å². The Kier molecular flexibility index (Phi) is 2.05. The molecule has 1 heterocycles. The van der Waals surface area contributed by atoms with E-state index < -0.39 is 11.9 Å². The molecule has 20 heavy (non-hydrogen) atoms. The lowest BCUT2D eigenvalue weighted by molar-refractivity contribution is 0.0393. The first-order valence-electron chi connectivity index (χ1n) is 6.38. The van der Waals surface area contributed by atoms with Crippen molar-refractivity contribution in [2.24, 2.45) is 0 Å². The molecule has 0 atom stereocenters. The van der Waals surface area contributed by atoms with Gasteiger partial charge >= 0.3 is 11.9 Å². The number of hydrogen-bond donors (Lipinski definition) is 0. The van der Waals surface area contributed by atoms with Crippen LogP contribution in [0.1, 0.15) is 26.3 Å². The first-order chi connectivity index (χ1) is 9.66. The molecule has 0 bridgehead atoms. The Bertz CT molecular complexity index is 922. The quantitative estimate of drug-likeness (QED) is 0.353. The van der Waals surface area contributed by atoms with Crippen LogP contribution >= 0.6 is 0 Å². The maximum atomic E-state index is 12.2. The van der Waals surface area contributed by atoms with Gasteiger partial charge in [-0.15, -0.1) is 0 Å². The molecule has 0 radical (unpaired) electrons. The van der Waals surface area contributed by atoms with Crippen LogP contribution in [0.4, 0.5) is 0 Å². The number of rotatable bonds is 0. The number of ether oxygens (including phenoxy) is 1. The molecule has 0 saturated heterocycles. The summed E-state index contributed by atoms with van der Waals surface area (Å²) in [4.78, 5) is 24.1. The van der Waals surface area contributed by atoms with E-state index in [4.69, 9.17) is 4.74 Å². The van der Waals surface area contributed by atoms with Crippen LogP contribution in [0, 0.1) is 6.92 Å². The summed E-state index contributed by atoms with van der Waals surface area (Å²) in [6.07, 6.45) is 0. The van der Waals surface area contributed by atoms with E-state index in [-0.39, 0.29) is 0 Å². The molecular weight excluding hydrogens is 252 g/mol. The standard InChI is InChI=1S/C17H10O3/c1-9-6-7-12-14-13(9)8-10-4-2-3-5-11(10)15(14)17(19)20-16(12)18/h2-8H,1H3. The highest BCUT2D eigenvalue weighted by Gasteiger charge is 2.29. The number of esters is 2. The van der Waals surface area contributed by atoms with Gasteiger partial charge in [-0.3, -0.25) is 0 Å². The minimum absolute atomic E-state index is 0.464. The van der Waals surface area contributed by atoms with Gasteiger partial charge in [0.1, 0.15) is 0 Å². The Balaban J connectivity index is 2.37. The topological polar surface area (TPSA) is 43.4 Å². The number of aryl methyl sites for hydroxylation is 1. The van der Waals surface area contributed by atoms with Crippen LogP contribution in [0.15, 0.2) is 42.5 Å². The first kappa shape index (κ1) is 11.2. The molecule has 3 aromatic carbocycles. The van der Waals surface area contributed by atoms with Crippen molar-refractivity contribution in [2.45, 2.75) is 6.92 Å². The lowest BCUT2D eigenvalue weighted by atomic mass is 9.90. The average Bonchev–Trinajstić information content (AvgIpc) is 2.44. The lowest BCUT2D eigenvalue weighted by Gasteiger charge is -2.18. The molecule has 0 saturated carbocycles. The van der Waals surface area contributed by atoms with Crippen molar-refractivity contribution < 1.29 is 14.3 Å². The van der Waals surface area contributed by atoms with Gasteiger partial charge in [0, 0.05) is 5.39 Å². The van der Waals surface area contributed by atoms with Crippen molar-refractivity contribution in [3.63, 3.8) is 0 Å². The van der Waals surface area contributed by atoms with E-state index in [0.717, 1.165) is 21.7 Å². The number of hydrogen-bond acceptors (Lipinski definition) is 3. The predicted molar refractivity (Wildman–Crippen MR) is 75.9 cm³/mol. The van der Waals surface area contributed by atoms with Gasteiger partial charge < -0.3 is 4.74 Å². The average molecular weight is 262 g/mol. The molecule has 0 spiro atoms. The third-order valence-corrected chi connectivity index (χ3v) is 3.85. The van der Waals surface area contributed by atoms with Crippen molar-refractivity contribution >= 4 is 33.5 Å². The zero-order valence-electron chi connectivity index (χ0n) is 10.8. The summed E-state index contributed by atoms with van der Waals surface area (Å²) in [6.45, 7) is 1.97. The molecule has 0 aromatic heterocycles. The monoisotopic (exact) mass is 262 g/mol. The molecule has 0 amide bonds. The number of carbonyl (C=O) groups excluding carboxylic acids is 2. The maximum absolute atomic E-state index is 12.2. The van der Waals surface area contributed by atoms with E-state index >= 15 is 0 Å². The fraction of sp³-hybridized carbons (Fsp3) is 0.0588. The van der Waals surface area contributed by atoms with Crippen LogP contribution < -0.4 is 0 Å². The van der Waals surface area contributed by atoms with Crippen LogP contribution in [-0.4, -0.2) is 11.9 Å². The molecule has 0 N–H and O–H groups in total. The molecule has 0 fully saturated rings. The third-order valence-electron chi connectivity index (χ3n) is 3.85. The van der Waals surface area contributed by atoms with E-state index in [1.54, 1.807) is 6.07 Å². The SMILES string of the molecule is Cc1ccc2c3c(c4ccccc4cc13)C(=O)OC2=O. The van der Waals surface area contributed by atoms with Gasteiger partial charge in [0.05, 0.1) is 11.1 Å². The summed E-state index contributed by atoms with van der Waals surface area (Å²) in [6, 6.07) is 13.3. The highest BCUT2D eigenvalue weighted by Crippen LogP contribution is 2.36. The predicted octanol–water partition coefficient (Wildman–Crippen LogP) is 3.61. The zero-order valence-corrected chi connectivity index (χ0v) is 10.8. The van der Waals surface area contributed by atoms with Gasteiger partial charge in [-0.25, -0.2) is 9.59 Å². The number of carbonyl (C=O) groups is 2. The molecule has 1 aliphatic rings. The normalized spacial score (nSPS) is 13.8. The van der Waals surface area contributed by atoms with E-state index in [9.17, 15) is 9.59 Å². The van der Waals surface area contributed by atoms with Crippen LogP contribution in [0.2, 0.25) is 0 Å². The van der Waals surface area contributed by atoms with Crippen molar-refractivity contribution in [2.75, 3.05) is 0 Å². The summed E-state index contributed by atoms with van der Waals surface area (Å²) < 4.78 is 4.87. The highest BCUT2D eigenvalue weighted by molar-refractivity contribution is 6.27. The van der Waals surface area contributed by atoms with Gasteiger partial charge in [-0.05, 0) is 40.8 Å². The minimum atomic E-state index is -0.567.